The molecule has 0 aromatic heterocycles. The second-order valence-corrected chi connectivity index (χ2v) is 9.89. The van der Waals surface area contributed by atoms with E-state index < -0.39 is 7.82 Å². The van der Waals surface area contributed by atoms with Crippen LogP contribution in [-0.4, -0.2) is 13.2 Å². The van der Waals surface area contributed by atoms with Crippen molar-refractivity contribution in [3.05, 3.63) is 0 Å². The molecule has 0 aromatic carbocycles. The Hall–Kier alpha value is 0.0700. The van der Waals surface area contributed by atoms with E-state index in [0.29, 0.717) is 0 Å². The van der Waals surface area contributed by atoms with Gasteiger partial charge in [0.2, 0.25) is 0 Å². The van der Waals surface area contributed by atoms with Crippen LogP contribution in [0.2, 0.25) is 0 Å². The maximum Gasteiger partial charge on any atom is 0.267 e. The minimum atomic E-state index is -4.10. The highest BCUT2D eigenvalue weighted by Gasteiger charge is 2.08. The quantitative estimate of drug-likeness (QED) is 0.117. The molecule has 0 unspecified atom stereocenters. The second kappa shape index (κ2) is 25.3. The summed E-state index contributed by atoms with van der Waals surface area (Å²) in [7, 11) is -4.10. The number of unbranched alkanes of at least 4 members (excludes halogenated alkanes) is 18. The highest BCUT2D eigenvalue weighted by atomic mass is 31.2. The molecule has 0 aromatic rings. The van der Waals surface area contributed by atoms with Gasteiger partial charge in [0.15, 0.2) is 0 Å². The van der Waals surface area contributed by atoms with Crippen LogP contribution in [0.1, 0.15) is 142 Å². The molecule has 0 atom stereocenters. The van der Waals surface area contributed by atoms with Gasteiger partial charge in [-0.25, -0.2) is 0 Å². The van der Waals surface area contributed by atoms with Gasteiger partial charge in [0.1, 0.15) is 0 Å². The molecule has 0 saturated carbocycles. The zero-order valence-electron chi connectivity index (χ0n) is 20.3. The lowest BCUT2D eigenvalue weighted by Crippen LogP contribution is -2.10. The lowest BCUT2D eigenvalue weighted by Gasteiger charge is -2.22. The van der Waals surface area contributed by atoms with Crippen LogP contribution in [0.3, 0.4) is 0 Å². The van der Waals surface area contributed by atoms with Gasteiger partial charge >= 0.3 is 0 Å². The van der Waals surface area contributed by atoms with Crippen LogP contribution in [0.4, 0.5) is 0 Å². The largest absolute Gasteiger partial charge is 0.756 e. The Bertz CT molecular complexity index is 339. The van der Waals surface area contributed by atoms with Gasteiger partial charge in [0, 0.05) is 0 Å². The maximum absolute atomic E-state index is 11.7. The number of phosphoric acid groups is 1. The van der Waals surface area contributed by atoms with E-state index in [1.54, 1.807) is 0 Å². The monoisotopic (exact) mass is 450 g/mol. The highest BCUT2D eigenvalue weighted by molar-refractivity contribution is 7.45. The maximum atomic E-state index is 11.7. The summed E-state index contributed by atoms with van der Waals surface area (Å²) < 4.78 is 21.7. The molecule has 3 N–H and O–H groups in total. The first-order chi connectivity index (χ1) is 14.1. The third-order valence-corrected chi connectivity index (χ3v) is 6.49. The summed E-state index contributed by atoms with van der Waals surface area (Å²) in [4.78, 5) is 11.7. The molecule has 0 rings (SSSR count). The SMILES string of the molecule is CCCCCCCCCCCCOP(=O)([O-])OCCCCCCCCCCCC.N. The number of rotatable bonds is 24. The molecular formula is C24H53NO4P-. The fourth-order valence-corrected chi connectivity index (χ4v) is 4.35. The van der Waals surface area contributed by atoms with E-state index in [1.165, 1.54) is 103 Å². The minimum Gasteiger partial charge on any atom is -0.756 e. The van der Waals surface area contributed by atoms with Crippen LogP contribution in [0.25, 0.3) is 0 Å². The second-order valence-electron chi connectivity index (χ2n) is 8.48. The van der Waals surface area contributed by atoms with Gasteiger partial charge < -0.3 is 20.1 Å². The number of hydrogen-bond donors (Lipinski definition) is 1. The first kappa shape index (κ1) is 32.3. The van der Waals surface area contributed by atoms with Crippen LogP contribution in [0.5, 0.6) is 0 Å². The molecule has 0 heterocycles. The molecule has 0 spiro atoms. The van der Waals surface area contributed by atoms with Crippen LogP contribution >= 0.6 is 7.82 Å². The fraction of sp³-hybridized carbons (Fsp3) is 1.00. The van der Waals surface area contributed by atoms with Gasteiger partial charge in [-0.05, 0) is 12.8 Å². The summed E-state index contributed by atoms with van der Waals surface area (Å²) in [6.45, 7) is 5.00. The first-order valence-electron chi connectivity index (χ1n) is 12.7. The topological polar surface area (TPSA) is 93.6 Å². The molecule has 30 heavy (non-hydrogen) atoms. The summed E-state index contributed by atoms with van der Waals surface area (Å²) >= 11 is 0. The van der Waals surface area contributed by atoms with Gasteiger partial charge in [-0.2, -0.15) is 0 Å². The summed E-state index contributed by atoms with van der Waals surface area (Å²) in [5.74, 6) is 0. The van der Waals surface area contributed by atoms with Gasteiger partial charge in [0.25, 0.3) is 7.82 Å². The van der Waals surface area contributed by atoms with Crippen molar-refractivity contribution in [3.8, 4) is 0 Å². The van der Waals surface area contributed by atoms with Crippen LogP contribution in [-0.2, 0) is 13.6 Å². The molecule has 0 amide bonds. The summed E-state index contributed by atoms with van der Waals surface area (Å²) in [5, 5.41) is 0. The summed E-state index contributed by atoms with van der Waals surface area (Å²) in [6.07, 6.45) is 24.5. The highest BCUT2D eigenvalue weighted by Crippen LogP contribution is 2.38. The molecule has 0 aliphatic heterocycles. The van der Waals surface area contributed by atoms with E-state index in [4.69, 9.17) is 9.05 Å². The molecule has 0 aliphatic carbocycles. The zero-order chi connectivity index (χ0) is 21.5. The zero-order valence-corrected chi connectivity index (χ0v) is 21.2. The normalized spacial score (nSPS) is 11.6. The number of phosphoric ester groups is 1. The molecule has 0 radical (unpaired) electrons. The van der Waals surface area contributed by atoms with Gasteiger partial charge in [-0.3, -0.25) is 4.57 Å². The van der Waals surface area contributed by atoms with Crippen LogP contribution in [0, 0.1) is 0 Å². The molecule has 0 saturated heterocycles. The van der Waals surface area contributed by atoms with E-state index in [-0.39, 0.29) is 19.4 Å². The average Bonchev–Trinajstić information content (AvgIpc) is 2.70. The van der Waals surface area contributed by atoms with Gasteiger partial charge in [-0.15, -0.1) is 0 Å². The third-order valence-electron chi connectivity index (χ3n) is 5.49. The van der Waals surface area contributed by atoms with Crippen molar-refractivity contribution in [2.45, 2.75) is 142 Å². The molecular weight excluding hydrogens is 397 g/mol. The molecule has 0 aliphatic rings. The molecule has 5 nitrogen and oxygen atoms in total. The first-order valence-corrected chi connectivity index (χ1v) is 14.2. The van der Waals surface area contributed by atoms with Crippen molar-refractivity contribution in [3.63, 3.8) is 0 Å². The predicted octanol–water partition coefficient (Wildman–Crippen LogP) is 8.49. The van der Waals surface area contributed by atoms with Crippen LogP contribution < -0.4 is 11.0 Å². The van der Waals surface area contributed by atoms with Crippen LogP contribution in [0.15, 0.2) is 0 Å². The third kappa shape index (κ3) is 26.1. The van der Waals surface area contributed by atoms with Crippen molar-refractivity contribution in [2.24, 2.45) is 0 Å². The van der Waals surface area contributed by atoms with E-state index in [0.717, 1.165) is 25.7 Å². The van der Waals surface area contributed by atoms with Crippen molar-refractivity contribution >= 4 is 7.82 Å². The van der Waals surface area contributed by atoms with E-state index in [9.17, 15) is 9.46 Å². The lowest BCUT2D eigenvalue weighted by molar-refractivity contribution is -0.225. The summed E-state index contributed by atoms with van der Waals surface area (Å²) in [6, 6.07) is 0. The standard InChI is InChI=1S/C24H51O4P.H3N/c1-3-5-7-9-11-13-15-17-19-21-23-27-29(25,26)28-24-22-20-18-16-14-12-10-8-6-4-2;/h3-24H2,1-2H3,(H,25,26);1H3/p-1. The predicted molar refractivity (Wildman–Crippen MR) is 128 cm³/mol. The van der Waals surface area contributed by atoms with Crippen molar-refractivity contribution in [1.82, 2.24) is 6.15 Å². The average molecular weight is 451 g/mol. The molecule has 184 valence electrons. The summed E-state index contributed by atoms with van der Waals surface area (Å²) in [5.41, 5.74) is 0. The molecule has 0 bridgehead atoms. The minimum absolute atomic E-state index is 0. The lowest BCUT2D eigenvalue weighted by atomic mass is 10.1. The Morgan fingerprint density at radius 3 is 1.00 bits per heavy atom. The fourth-order valence-electron chi connectivity index (χ4n) is 3.57. The van der Waals surface area contributed by atoms with Gasteiger partial charge in [-0.1, -0.05) is 129 Å². The molecule has 0 fully saturated rings. The number of hydrogen-bond acceptors (Lipinski definition) is 5. The van der Waals surface area contributed by atoms with Crippen molar-refractivity contribution in [1.29, 1.82) is 0 Å². The Morgan fingerprint density at radius 1 is 0.500 bits per heavy atom. The Labute approximate surface area is 188 Å². The Morgan fingerprint density at radius 2 is 0.733 bits per heavy atom. The smallest absolute Gasteiger partial charge is 0.267 e. The Kier molecular flexibility index (Phi) is 27.2. The van der Waals surface area contributed by atoms with E-state index in [1.807, 2.05) is 0 Å². The van der Waals surface area contributed by atoms with Gasteiger partial charge in [0.05, 0.1) is 13.2 Å². The van der Waals surface area contributed by atoms with Crippen molar-refractivity contribution in [2.75, 3.05) is 13.2 Å². The van der Waals surface area contributed by atoms with E-state index >= 15 is 0 Å². The van der Waals surface area contributed by atoms with E-state index in [2.05, 4.69) is 13.8 Å². The Balaban J connectivity index is 0. The molecule has 6 heteroatoms. The van der Waals surface area contributed by atoms with Crippen molar-refractivity contribution < 1.29 is 18.5 Å².